The summed E-state index contributed by atoms with van der Waals surface area (Å²) in [6.45, 7) is 0.619. The molecule has 0 N–H and O–H groups in total. The first-order valence-electron chi connectivity index (χ1n) is 5.92. The fourth-order valence-corrected chi connectivity index (χ4v) is 1.87. The number of rotatable bonds is 4. The van der Waals surface area contributed by atoms with Crippen LogP contribution in [0.2, 0.25) is 5.02 Å². The number of nitrogens with zero attached hydrogens (tertiary/aromatic N) is 3. The molecule has 4 nitrogen and oxygen atoms in total. The van der Waals surface area contributed by atoms with Gasteiger partial charge in [-0.25, -0.2) is 0 Å². The summed E-state index contributed by atoms with van der Waals surface area (Å²) in [5.41, 5.74) is 1.58. The van der Waals surface area contributed by atoms with Gasteiger partial charge in [0.25, 0.3) is 5.91 Å². The maximum absolute atomic E-state index is 12.2. The zero-order valence-corrected chi connectivity index (χ0v) is 11.3. The third-order valence-electron chi connectivity index (χ3n) is 2.83. The third-order valence-corrected chi connectivity index (χ3v) is 3.16. The Hall–Kier alpha value is -1.94. The second-order valence-corrected chi connectivity index (χ2v) is 4.59. The summed E-state index contributed by atoms with van der Waals surface area (Å²) in [5, 5.41) is 0.427. The molecule has 2 aromatic rings. The van der Waals surface area contributed by atoms with Gasteiger partial charge in [0.15, 0.2) is 0 Å². The molecule has 0 radical (unpaired) electrons. The van der Waals surface area contributed by atoms with Crippen molar-refractivity contribution in [3.05, 3.63) is 59.1 Å². The predicted molar refractivity (Wildman–Crippen MR) is 74.1 cm³/mol. The Labute approximate surface area is 117 Å². The van der Waals surface area contributed by atoms with Gasteiger partial charge in [0, 0.05) is 38.4 Å². The Morgan fingerprint density at radius 3 is 2.58 bits per heavy atom. The molecule has 0 aliphatic carbocycles. The van der Waals surface area contributed by atoms with Crippen LogP contribution in [0.5, 0.6) is 0 Å². The molecule has 0 aromatic carbocycles. The second kappa shape index (κ2) is 6.29. The molecular formula is C14H14ClN3O. The Morgan fingerprint density at radius 2 is 1.89 bits per heavy atom. The van der Waals surface area contributed by atoms with Gasteiger partial charge in [0.2, 0.25) is 0 Å². The van der Waals surface area contributed by atoms with E-state index in [1.165, 1.54) is 6.20 Å². The Bertz CT molecular complexity index is 560. The minimum atomic E-state index is -0.118. The molecule has 19 heavy (non-hydrogen) atoms. The highest BCUT2D eigenvalue weighted by Gasteiger charge is 2.14. The number of hydrogen-bond donors (Lipinski definition) is 0. The maximum atomic E-state index is 12.2. The highest BCUT2D eigenvalue weighted by atomic mass is 35.5. The molecule has 0 spiro atoms. The van der Waals surface area contributed by atoms with Gasteiger partial charge in [-0.15, -0.1) is 0 Å². The van der Waals surface area contributed by atoms with Crippen LogP contribution in [-0.4, -0.2) is 34.4 Å². The first-order chi connectivity index (χ1) is 9.18. The summed E-state index contributed by atoms with van der Waals surface area (Å²) < 4.78 is 0. The average Bonchev–Trinajstić information content (AvgIpc) is 2.45. The first-order valence-corrected chi connectivity index (χ1v) is 6.30. The maximum Gasteiger partial charge on any atom is 0.256 e. The zero-order valence-electron chi connectivity index (χ0n) is 10.6. The quantitative estimate of drug-likeness (QED) is 0.861. The van der Waals surface area contributed by atoms with Crippen LogP contribution in [0.4, 0.5) is 0 Å². The fourth-order valence-electron chi connectivity index (χ4n) is 1.69. The number of aromatic nitrogens is 2. The number of halogens is 1. The van der Waals surface area contributed by atoms with Crippen LogP contribution in [0.3, 0.4) is 0 Å². The summed E-state index contributed by atoms with van der Waals surface area (Å²) in [5.74, 6) is -0.118. The standard InChI is InChI=1S/C14H14ClN3O/c1-18(9-5-11-2-6-16-7-3-11)14(19)12-10-17-8-4-13(12)15/h2-4,6-8,10H,5,9H2,1H3. The number of hydrogen-bond acceptors (Lipinski definition) is 3. The van der Waals surface area contributed by atoms with Crippen LogP contribution in [-0.2, 0) is 6.42 Å². The van der Waals surface area contributed by atoms with E-state index in [1.807, 2.05) is 12.1 Å². The molecule has 0 bridgehead atoms. The molecule has 98 valence electrons. The molecule has 2 aromatic heterocycles. The van der Waals surface area contributed by atoms with Crippen LogP contribution < -0.4 is 0 Å². The first kappa shape index (κ1) is 13.5. The Balaban J connectivity index is 1.99. The molecule has 0 atom stereocenters. The van der Waals surface area contributed by atoms with Crippen molar-refractivity contribution in [1.29, 1.82) is 0 Å². The van der Waals surface area contributed by atoms with E-state index in [-0.39, 0.29) is 5.91 Å². The van der Waals surface area contributed by atoms with Crippen molar-refractivity contribution in [1.82, 2.24) is 14.9 Å². The predicted octanol–water partition coefficient (Wildman–Crippen LogP) is 2.44. The average molecular weight is 276 g/mol. The number of carbonyl (C=O) groups excluding carboxylic acids is 1. The summed E-state index contributed by atoms with van der Waals surface area (Å²) in [4.78, 5) is 21.7. The zero-order chi connectivity index (χ0) is 13.7. The van der Waals surface area contributed by atoms with Crippen molar-refractivity contribution in [3.63, 3.8) is 0 Å². The molecule has 0 saturated heterocycles. The largest absolute Gasteiger partial charge is 0.341 e. The lowest BCUT2D eigenvalue weighted by molar-refractivity contribution is 0.0796. The van der Waals surface area contributed by atoms with Gasteiger partial charge in [-0.1, -0.05) is 11.6 Å². The molecule has 2 heterocycles. The smallest absolute Gasteiger partial charge is 0.256 e. The molecule has 1 amide bonds. The molecule has 0 aliphatic rings. The van der Waals surface area contributed by atoms with Crippen molar-refractivity contribution < 1.29 is 4.79 Å². The molecule has 0 aliphatic heterocycles. The van der Waals surface area contributed by atoms with E-state index in [9.17, 15) is 4.79 Å². The number of carbonyl (C=O) groups is 1. The van der Waals surface area contributed by atoms with Crippen molar-refractivity contribution in [3.8, 4) is 0 Å². The van der Waals surface area contributed by atoms with Crippen LogP contribution in [0.25, 0.3) is 0 Å². The molecule has 0 unspecified atom stereocenters. The van der Waals surface area contributed by atoms with Gasteiger partial charge < -0.3 is 4.90 Å². The van der Waals surface area contributed by atoms with Crippen LogP contribution in [0, 0.1) is 0 Å². The van der Waals surface area contributed by atoms with Gasteiger partial charge >= 0.3 is 0 Å². The minimum Gasteiger partial charge on any atom is -0.341 e. The number of pyridine rings is 2. The SMILES string of the molecule is CN(CCc1ccncc1)C(=O)c1cnccc1Cl. The van der Waals surface area contributed by atoms with Gasteiger partial charge in [0.05, 0.1) is 10.6 Å². The molecule has 0 saturated carbocycles. The Kier molecular flexibility index (Phi) is 4.47. The van der Waals surface area contributed by atoms with E-state index in [0.717, 1.165) is 12.0 Å². The fraction of sp³-hybridized carbons (Fsp3) is 0.214. The lowest BCUT2D eigenvalue weighted by Gasteiger charge is -2.17. The van der Waals surface area contributed by atoms with Gasteiger partial charge in [-0.2, -0.15) is 0 Å². The van der Waals surface area contributed by atoms with Crippen LogP contribution in [0.15, 0.2) is 43.0 Å². The number of likely N-dealkylation sites (N-methyl/N-ethyl adjacent to an activating group) is 1. The van der Waals surface area contributed by atoms with Gasteiger partial charge in [0.1, 0.15) is 0 Å². The van der Waals surface area contributed by atoms with E-state index < -0.39 is 0 Å². The van der Waals surface area contributed by atoms with Gasteiger partial charge in [-0.05, 0) is 30.2 Å². The molecule has 5 heteroatoms. The van der Waals surface area contributed by atoms with Crippen molar-refractivity contribution in [2.24, 2.45) is 0 Å². The lowest BCUT2D eigenvalue weighted by Crippen LogP contribution is -2.29. The second-order valence-electron chi connectivity index (χ2n) is 4.19. The lowest BCUT2D eigenvalue weighted by atomic mass is 10.2. The van der Waals surface area contributed by atoms with Crippen molar-refractivity contribution >= 4 is 17.5 Å². The van der Waals surface area contributed by atoms with E-state index in [4.69, 9.17) is 11.6 Å². The Morgan fingerprint density at radius 1 is 1.21 bits per heavy atom. The van der Waals surface area contributed by atoms with Crippen molar-refractivity contribution in [2.45, 2.75) is 6.42 Å². The summed E-state index contributed by atoms with van der Waals surface area (Å²) >= 11 is 5.98. The van der Waals surface area contributed by atoms with Crippen LogP contribution in [0.1, 0.15) is 15.9 Å². The third kappa shape index (κ3) is 3.51. The van der Waals surface area contributed by atoms with Crippen LogP contribution >= 0.6 is 11.6 Å². The summed E-state index contributed by atoms with van der Waals surface area (Å²) in [6.07, 6.45) is 7.33. The number of amides is 1. The normalized spacial score (nSPS) is 10.2. The molecule has 0 fully saturated rings. The minimum absolute atomic E-state index is 0.118. The highest BCUT2D eigenvalue weighted by molar-refractivity contribution is 6.33. The van der Waals surface area contributed by atoms with E-state index in [2.05, 4.69) is 9.97 Å². The summed E-state index contributed by atoms with van der Waals surface area (Å²) in [6, 6.07) is 5.50. The topological polar surface area (TPSA) is 46.1 Å². The highest BCUT2D eigenvalue weighted by Crippen LogP contribution is 2.15. The molecular weight excluding hydrogens is 262 g/mol. The van der Waals surface area contributed by atoms with E-state index >= 15 is 0 Å². The van der Waals surface area contributed by atoms with Gasteiger partial charge in [-0.3, -0.25) is 14.8 Å². The summed E-state index contributed by atoms with van der Waals surface area (Å²) in [7, 11) is 1.76. The van der Waals surface area contributed by atoms with Crippen molar-refractivity contribution in [2.75, 3.05) is 13.6 Å². The monoisotopic (exact) mass is 275 g/mol. The van der Waals surface area contributed by atoms with E-state index in [0.29, 0.717) is 17.1 Å². The molecule has 2 rings (SSSR count). The van der Waals surface area contributed by atoms with E-state index in [1.54, 1.807) is 36.6 Å².